The predicted octanol–water partition coefficient (Wildman–Crippen LogP) is 1.65. The van der Waals surface area contributed by atoms with Gasteiger partial charge in [0.2, 0.25) is 0 Å². The van der Waals surface area contributed by atoms with Crippen molar-refractivity contribution in [3.05, 3.63) is 35.2 Å². The van der Waals surface area contributed by atoms with Crippen molar-refractivity contribution in [2.75, 3.05) is 13.2 Å². The van der Waals surface area contributed by atoms with Crippen LogP contribution in [0.4, 0.5) is 0 Å². The van der Waals surface area contributed by atoms with Crippen LogP contribution in [0.25, 0.3) is 10.1 Å². The number of nitrogens with zero attached hydrogens (tertiary/aromatic N) is 1. The SMILES string of the molecule is O=C(c1csc2ccccc12)N1CC(O)CO1. The molecule has 1 unspecified atom stereocenters. The number of hydroxylamine groups is 2. The van der Waals surface area contributed by atoms with Crippen molar-refractivity contribution < 1.29 is 14.7 Å². The monoisotopic (exact) mass is 249 g/mol. The number of hydrogen-bond donors (Lipinski definition) is 1. The number of thiophene rings is 1. The molecule has 2 heterocycles. The second kappa shape index (κ2) is 4.10. The topological polar surface area (TPSA) is 49.8 Å². The molecule has 0 aliphatic carbocycles. The van der Waals surface area contributed by atoms with Gasteiger partial charge in [0.1, 0.15) is 12.7 Å². The van der Waals surface area contributed by atoms with Gasteiger partial charge in [-0.1, -0.05) is 18.2 Å². The molecule has 1 saturated heterocycles. The first-order valence-electron chi connectivity index (χ1n) is 5.35. The van der Waals surface area contributed by atoms with Crippen molar-refractivity contribution in [1.82, 2.24) is 5.06 Å². The van der Waals surface area contributed by atoms with E-state index in [-0.39, 0.29) is 19.1 Å². The van der Waals surface area contributed by atoms with Crippen LogP contribution in [0.1, 0.15) is 10.4 Å². The minimum absolute atomic E-state index is 0.181. The van der Waals surface area contributed by atoms with Crippen molar-refractivity contribution in [1.29, 1.82) is 0 Å². The highest BCUT2D eigenvalue weighted by atomic mass is 32.1. The van der Waals surface area contributed by atoms with E-state index < -0.39 is 6.10 Å². The summed E-state index contributed by atoms with van der Waals surface area (Å²) in [4.78, 5) is 17.3. The molecular formula is C12H11NO3S. The number of aliphatic hydroxyl groups is 1. The van der Waals surface area contributed by atoms with Gasteiger partial charge in [0, 0.05) is 15.5 Å². The van der Waals surface area contributed by atoms with Crippen molar-refractivity contribution in [2.24, 2.45) is 0 Å². The molecule has 5 heteroatoms. The molecule has 1 atom stereocenters. The first kappa shape index (κ1) is 10.7. The number of aliphatic hydroxyl groups excluding tert-OH is 1. The average molecular weight is 249 g/mol. The van der Waals surface area contributed by atoms with Gasteiger partial charge in [0.05, 0.1) is 12.1 Å². The molecule has 0 bridgehead atoms. The predicted molar refractivity (Wildman–Crippen MR) is 64.8 cm³/mol. The molecule has 0 radical (unpaired) electrons. The summed E-state index contributed by atoms with van der Waals surface area (Å²) < 4.78 is 1.08. The number of amides is 1. The molecule has 1 aliphatic heterocycles. The molecule has 0 saturated carbocycles. The number of fused-ring (bicyclic) bond motifs is 1. The summed E-state index contributed by atoms with van der Waals surface area (Å²) in [7, 11) is 0. The normalized spacial score (nSPS) is 20.1. The van der Waals surface area contributed by atoms with Crippen molar-refractivity contribution >= 4 is 27.3 Å². The molecule has 1 amide bonds. The fourth-order valence-electron chi connectivity index (χ4n) is 1.89. The summed E-state index contributed by atoms with van der Waals surface area (Å²) >= 11 is 1.54. The van der Waals surface area contributed by atoms with Gasteiger partial charge in [0.15, 0.2) is 0 Å². The van der Waals surface area contributed by atoms with E-state index in [0.29, 0.717) is 5.56 Å². The van der Waals surface area contributed by atoms with Gasteiger partial charge < -0.3 is 5.11 Å². The van der Waals surface area contributed by atoms with E-state index in [4.69, 9.17) is 4.84 Å². The number of carbonyl (C=O) groups excluding carboxylic acids is 1. The minimum Gasteiger partial charge on any atom is -0.389 e. The van der Waals surface area contributed by atoms with Crippen molar-refractivity contribution in [3.8, 4) is 0 Å². The molecule has 88 valence electrons. The zero-order chi connectivity index (χ0) is 11.8. The number of carbonyl (C=O) groups is 1. The molecule has 2 aromatic rings. The zero-order valence-corrected chi connectivity index (χ0v) is 9.81. The van der Waals surface area contributed by atoms with Crippen LogP contribution in [0.5, 0.6) is 0 Å². The lowest BCUT2D eigenvalue weighted by atomic mass is 10.1. The van der Waals surface area contributed by atoms with Crippen LogP contribution >= 0.6 is 11.3 Å². The van der Waals surface area contributed by atoms with Gasteiger partial charge in [-0.25, -0.2) is 5.06 Å². The molecule has 4 nitrogen and oxygen atoms in total. The minimum atomic E-state index is -0.580. The second-order valence-electron chi connectivity index (χ2n) is 3.96. The van der Waals surface area contributed by atoms with Crippen molar-refractivity contribution in [3.63, 3.8) is 0 Å². The average Bonchev–Trinajstić information content (AvgIpc) is 2.94. The van der Waals surface area contributed by atoms with Gasteiger partial charge in [-0.2, -0.15) is 0 Å². The van der Waals surface area contributed by atoms with E-state index in [0.717, 1.165) is 10.1 Å². The first-order chi connectivity index (χ1) is 8.25. The molecule has 0 spiro atoms. The standard InChI is InChI=1S/C12H11NO3S/c14-8-5-13(16-6-8)12(15)10-7-17-11-4-2-1-3-9(10)11/h1-4,7-8,14H,5-6H2. The van der Waals surface area contributed by atoms with Crippen LogP contribution in [-0.2, 0) is 4.84 Å². The van der Waals surface area contributed by atoms with Crippen LogP contribution in [0, 0.1) is 0 Å². The first-order valence-corrected chi connectivity index (χ1v) is 6.23. The fourth-order valence-corrected chi connectivity index (χ4v) is 2.83. The maximum absolute atomic E-state index is 12.2. The van der Waals surface area contributed by atoms with Crippen LogP contribution in [0.2, 0.25) is 0 Å². The van der Waals surface area contributed by atoms with Gasteiger partial charge in [0.25, 0.3) is 5.91 Å². The Morgan fingerprint density at radius 1 is 1.47 bits per heavy atom. The molecule has 1 aromatic carbocycles. The van der Waals surface area contributed by atoms with E-state index in [1.165, 1.54) is 16.4 Å². The van der Waals surface area contributed by atoms with E-state index >= 15 is 0 Å². The Labute approximate surface area is 102 Å². The van der Waals surface area contributed by atoms with Crippen LogP contribution in [-0.4, -0.2) is 35.3 Å². The van der Waals surface area contributed by atoms with Crippen LogP contribution < -0.4 is 0 Å². The van der Waals surface area contributed by atoms with E-state index in [1.807, 2.05) is 29.6 Å². The van der Waals surface area contributed by atoms with Crippen LogP contribution in [0.3, 0.4) is 0 Å². The Hall–Kier alpha value is -1.43. The smallest absolute Gasteiger partial charge is 0.278 e. The van der Waals surface area contributed by atoms with Gasteiger partial charge in [-0.3, -0.25) is 9.63 Å². The number of benzene rings is 1. The molecule has 3 rings (SSSR count). The quantitative estimate of drug-likeness (QED) is 0.836. The number of hydrogen-bond acceptors (Lipinski definition) is 4. The maximum atomic E-state index is 12.2. The summed E-state index contributed by atoms with van der Waals surface area (Å²) in [6.45, 7) is 0.427. The van der Waals surface area contributed by atoms with Gasteiger partial charge in [-0.15, -0.1) is 11.3 Å². The Balaban J connectivity index is 1.96. The number of rotatable bonds is 1. The second-order valence-corrected chi connectivity index (χ2v) is 4.87. The summed E-state index contributed by atoms with van der Waals surface area (Å²) in [5.74, 6) is -0.181. The Kier molecular flexibility index (Phi) is 2.58. The van der Waals surface area contributed by atoms with E-state index in [1.54, 1.807) is 0 Å². The molecular weight excluding hydrogens is 238 g/mol. The highest BCUT2D eigenvalue weighted by molar-refractivity contribution is 7.17. The lowest BCUT2D eigenvalue weighted by molar-refractivity contribution is -0.0778. The zero-order valence-electron chi connectivity index (χ0n) is 9.00. The third-order valence-corrected chi connectivity index (χ3v) is 3.70. The summed E-state index contributed by atoms with van der Waals surface area (Å²) in [6.07, 6.45) is -0.580. The molecule has 1 N–H and O–H groups in total. The Morgan fingerprint density at radius 2 is 2.29 bits per heavy atom. The maximum Gasteiger partial charge on any atom is 0.278 e. The summed E-state index contributed by atoms with van der Waals surface area (Å²) in [5.41, 5.74) is 0.639. The van der Waals surface area contributed by atoms with Crippen molar-refractivity contribution in [2.45, 2.75) is 6.10 Å². The molecule has 17 heavy (non-hydrogen) atoms. The highest BCUT2D eigenvalue weighted by Gasteiger charge is 2.28. The van der Waals surface area contributed by atoms with E-state index in [2.05, 4.69) is 0 Å². The molecule has 1 fully saturated rings. The molecule has 1 aromatic heterocycles. The summed E-state index contributed by atoms with van der Waals surface area (Å²) in [6, 6.07) is 7.76. The lowest BCUT2D eigenvalue weighted by Gasteiger charge is -2.12. The van der Waals surface area contributed by atoms with E-state index in [9.17, 15) is 9.90 Å². The Bertz CT molecular complexity index is 566. The summed E-state index contributed by atoms with van der Waals surface area (Å²) in [5, 5.41) is 13.4. The highest BCUT2D eigenvalue weighted by Crippen LogP contribution is 2.27. The third-order valence-electron chi connectivity index (χ3n) is 2.74. The number of β-amino-alcohol motifs (C(OH)–C–C–N with tert-alkyl or cyclic N) is 1. The molecule has 1 aliphatic rings. The van der Waals surface area contributed by atoms with Crippen LogP contribution in [0.15, 0.2) is 29.6 Å². The largest absolute Gasteiger partial charge is 0.389 e. The Morgan fingerprint density at radius 3 is 3.06 bits per heavy atom. The van der Waals surface area contributed by atoms with Gasteiger partial charge >= 0.3 is 0 Å². The fraction of sp³-hybridized carbons (Fsp3) is 0.250. The van der Waals surface area contributed by atoms with Gasteiger partial charge in [-0.05, 0) is 6.07 Å². The lowest BCUT2D eigenvalue weighted by Crippen LogP contribution is -2.28. The third kappa shape index (κ3) is 1.82.